The van der Waals surface area contributed by atoms with Gasteiger partial charge in [-0.15, -0.1) is 0 Å². The Morgan fingerprint density at radius 1 is 1.32 bits per heavy atom. The molecule has 1 rings (SSSR count). The van der Waals surface area contributed by atoms with Crippen molar-refractivity contribution in [2.75, 3.05) is 6.61 Å². The number of hydrogen-bond donors (Lipinski definition) is 1. The predicted octanol–water partition coefficient (Wildman–Crippen LogP) is 1.51. The molecule has 1 aliphatic rings. The molecule has 0 heterocycles. The Kier molecular flexibility index (Phi) is 4.52. The first kappa shape index (κ1) is 15.4. The van der Waals surface area contributed by atoms with E-state index in [1.807, 2.05) is 0 Å². The molecule has 19 heavy (non-hydrogen) atoms. The third-order valence-corrected chi connectivity index (χ3v) is 2.94. The topological polar surface area (TPSA) is 72.8 Å². The van der Waals surface area contributed by atoms with Crippen molar-refractivity contribution in [3.05, 3.63) is 24.3 Å². The maximum atomic E-state index is 11.6. The molecule has 5 heteroatoms. The summed E-state index contributed by atoms with van der Waals surface area (Å²) in [5.41, 5.74) is -1.40. The first-order valence-electron chi connectivity index (χ1n) is 6.11. The van der Waals surface area contributed by atoms with Gasteiger partial charge in [0.25, 0.3) is 0 Å². The standard InChI is InChI=1S/C14H20O5/c1-10(2)12(16)18-9-11(15)19-14(4)7-5-13(3,17)6-8-14/h5,7,17H,1,6,8-9H2,2-4H3. The highest BCUT2D eigenvalue weighted by Gasteiger charge is 2.34. The van der Waals surface area contributed by atoms with Crippen LogP contribution in [-0.2, 0) is 19.1 Å². The molecule has 0 aliphatic heterocycles. The summed E-state index contributed by atoms with van der Waals surface area (Å²) in [5, 5.41) is 9.77. The molecule has 0 aromatic rings. The summed E-state index contributed by atoms with van der Waals surface area (Å²) < 4.78 is 9.96. The van der Waals surface area contributed by atoms with Gasteiger partial charge in [-0.05, 0) is 39.7 Å². The minimum atomic E-state index is -0.863. The minimum Gasteiger partial charge on any atom is -0.453 e. The minimum absolute atomic E-state index is 0.229. The van der Waals surface area contributed by atoms with Crippen LogP contribution in [0.1, 0.15) is 33.6 Å². The van der Waals surface area contributed by atoms with Crippen LogP contribution in [0.25, 0.3) is 0 Å². The third-order valence-electron chi connectivity index (χ3n) is 2.94. The van der Waals surface area contributed by atoms with Crippen LogP contribution in [-0.4, -0.2) is 34.9 Å². The second kappa shape index (κ2) is 5.57. The van der Waals surface area contributed by atoms with Gasteiger partial charge in [-0.1, -0.05) is 12.7 Å². The molecule has 0 bridgehead atoms. The van der Waals surface area contributed by atoms with Gasteiger partial charge in [0, 0.05) is 5.57 Å². The zero-order valence-corrected chi connectivity index (χ0v) is 11.6. The van der Waals surface area contributed by atoms with E-state index < -0.39 is 29.7 Å². The Hall–Kier alpha value is -1.62. The smallest absolute Gasteiger partial charge is 0.345 e. The van der Waals surface area contributed by atoms with Gasteiger partial charge in [0.05, 0.1) is 5.60 Å². The Labute approximate surface area is 112 Å². The van der Waals surface area contributed by atoms with Gasteiger partial charge in [-0.3, -0.25) is 0 Å². The van der Waals surface area contributed by atoms with E-state index in [2.05, 4.69) is 6.58 Å². The maximum absolute atomic E-state index is 11.6. The summed E-state index contributed by atoms with van der Waals surface area (Å²) in [6.45, 7) is 7.92. The molecule has 106 valence electrons. The highest BCUT2D eigenvalue weighted by atomic mass is 16.6. The highest BCUT2D eigenvalue weighted by molar-refractivity contribution is 5.88. The van der Waals surface area contributed by atoms with Gasteiger partial charge in [-0.2, -0.15) is 0 Å². The quantitative estimate of drug-likeness (QED) is 0.475. The lowest BCUT2D eigenvalue weighted by atomic mass is 9.84. The number of carbonyl (C=O) groups excluding carboxylic acids is 2. The Morgan fingerprint density at radius 3 is 2.42 bits per heavy atom. The summed E-state index contributed by atoms with van der Waals surface area (Å²) >= 11 is 0. The molecule has 0 saturated carbocycles. The van der Waals surface area contributed by atoms with E-state index in [9.17, 15) is 14.7 Å². The molecule has 0 amide bonds. The van der Waals surface area contributed by atoms with E-state index in [-0.39, 0.29) is 5.57 Å². The lowest BCUT2D eigenvalue weighted by Crippen LogP contribution is -2.38. The molecule has 0 radical (unpaired) electrons. The summed E-state index contributed by atoms with van der Waals surface area (Å²) in [6, 6.07) is 0. The third kappa shape index (κ3) is 4.87. The van der Waals surface area contributed by atoms with Crippen molar-refractivity contribution in [1.82, 2.24) is 0 Å². The molecule has 0 aromatic carbocycles. The lowest BCUT2D eigenvalue weighted by molar-refractivity contribution is -0.165. The van der Waals surface area contributed by atoms with Crippen LogP contribution in [0.2, 0.25) is 0 Å². The van der Waals surface area contributed by atoms with Crippen molar-refractivity contribution in [3.63, 3.8) is 0 Å². The lowest BCUT2D eigenvalue weighted by Gasteiger charge is -2.34. The first-order valence-corrected chi connectivity index (χ1v) is 6.11. The molecule has 0 saturated heterocycles. The normalized spacial score (nSPS) is 29.7. The molecule has 0 fully saturated rings. The van der Waals surface area contributed by atoms with Crippen LogP contribution in [0.3, 0.4) is 0 Å². The van der Waals surface area contributed by atoms with Crippen LogP contribution in [0.15, 0.2) is 24.3 Å². The average molecular weight is 268 g/mol. The van der Waals surface area contributed by atoms with Crippen LogP contribution in [0, 0.1) is 0 Å². The van der Waals surface area contributed by atoms with E-state index in [0.29, 0.717) is 12.8 Å². The van der Waals surface area contributed by atoms with Gasteiger partial charge >= 0.3 is 11.9 Å². The number of ether oxygens (including phenoxy) is 2. The van der Waals surface area contributed by atoms with Crippen LogP contribution < -0.4 is 0 Å². The zero-order valence-electron chi connectivity index (χ0n) is 11.6. The summed E-state index contributed by atoms with van der Waals surface area (Å²) in [7, 11) is 0. The summed E-state index contributed by atoms with van der Waals surface area (Å²) in [5.74, 6) is -1.24. The van der Waals surface area contributed by atoms with Crippen molar-refractivity contribution >= 4 is 11.9 Å². The number of aliphatic hydroxyl groups is 1. The van der Waals surface area contributed by atoms with Crippen molar-refractivity contribution < 1.29 is 24.2 Å². The number of rotatable bonds is 4. The van der Waals surface area contributed by atoms with Crippen LogP contribution >= 0.6 is 0 Å². The van der Waals surface area contributed by atoms with Gasteiger partial charge in [-0.25, -0.2) is 9.59 Å². The molecule has 0 aromatic heterocycles. The molecule has 5 nitrogen and oxygen atoms in total. The van der Waals surface area contributed by atoms with E-state index in [4.69, 9.17) is 9.47 Å². The second-order valence-corrected chi connectivity index (χ2v) is 5.33. The first-order chi connectivity index (χ1) is 8.64. The maximum Gasteiger partial charge on any atom is 0.345 e. The van der Waals surface area contributed by atoms with Crippen LogP contribution in [0.5, 0.6) is 0 Å². The second-order valence-electron chi connectivity index (χ2n) is 5.33. The number of hydrogen-bond acceptors (Lipinski definition) is 5. The van der Waals surface area contributed by atoms with Crippen molar-refractivity contribution in [2.45, 2.75) is 44.8 Å². The van der Waals surface area contributed by atoms with Crippen molar-refractivity contribution in [1.29, 1.82) is 0 Å². The predicted molar refractivity (Wildman–Crippen MR) is 69.3 cm³/mol. The van der Waals surface area contributed by atoms with E-state index in [0.717, 1.165) is 0 Å². The van der Waals surface area contributed by atoms with Gasteiger partial charge < -0.3 is 14.6 Å². The summed E-state index contributed by atoms with van der Waals surface area (Å²) in [4.78, 5) is 22.7. The summed E-state index contributed by atoms with van der Waals surface area (Å²) in [6.07, 6.45) is 4.29. The molecule has 1 N–H and O–H groups in total. The zero-order chi connectivity index (χ0) is 14.7. The highest BCUT2D eigenvalue weighted by Crippen LogP contribution is 2.31. The fourth-order valence-electron chi connectivity index (χ4n) is 1.65. The van der Waals surface area contributed by atoms with Gasteiger partial charge in [0.2, 0.25) is 0 Å². The molecule has 2 unspecified atom stereocenters. The van der Waals surface area contributed by atoms with Gasteiger partial charge in [0.1, 0.15) is 5.60 Å². The molecular weight excluding hydrogens is 248 g/mol. The monoisotopic (exact) mass is 268 g/mol. The largest absolute Gasteiger partial charge is 0.453 e. The van der Waals surface area contributed by atoms with Crippen molar-refractivity contribution in [2.24, 2.45) is 0 Å². The molecule has 0 spiro atoms. The fraction of sp³-hybridized carbons (Fsp3) is 0.571. The van der Waals surface area contributed by atoms with Crippen molar-refractivity contribution in [3.8, 4) is 0 Å². The Bertz CT molecular complexity index is 422. The van der Waals surface area contributed by atoms with Crippen LogP contribution in [0.4, 0.5) is 0 Å². The van der Waals surface area contributed by atoms with Gasteiger partial charge in [0.15, 0.2) is 6.61 Å². The van der Waals surface area contributed by atoms with E-state index in [1.165, 1.54) is 6.92 Å². The fourth-order valence-corrected chi connectivity index (χ4v) is 1.65. The Balaban J connectivity index is 2.49. The number of esters is 2. The molecular formula is C14H20O5. The Morgan fingerprint density at radius 2 is 1.95 bits per heavy atom. The van der Waals surface area contributed by atoms with E-state index in [1.54, 1.807) is 26.0 Å². The molecule has 2 atom stereocenters. The number of carbonyl (C=O) groups is 2. The SMILES string of the molecule is C=C(C)C(=O)OCC(=O)OC1(C)C=CC(C)(O)CC1. The average Bonchev–Trinajstić information content (AvgIpc) is 2.30. The molecule has 1 aliphatic carbocycles. The van der Waals surface area contributed by atoms with E-state index >= 15 is 0 Å².